The molecule has 196 valence electrons. The van der Waals surface area contributed by atoms with Crippen molar-refractivity contribution in [3.63, 3.8) is 0 Å². The van der Waals surface area contributed by atoms with Crippen LogP contribution in [0.1, 0.15) is 78.3 Å². The summed E-state index contributed by atoms with van der Waals surface area (Å²) in [6.45, 7) is 6.82. The molecule has 1 aliphatic rings. The summed E-state index contributed by atoms with van der Waals surface area (Å²) in [5.41, 5.74) is 0.520. The molecule has 4 aromatic rings. The van der Waals surface area contributed by atoms with Gasteiger partial charge in [0.05, 0.1) is 9.88 Å². The summed E-state index contributed by atoms with van der Waals surface area (Å²) in [5.74, 6) is -0.209. The first-order chi connectivity index (χ1) is 18.1. The van der Waals surface area contributed by atoms with E-state index in [0.29, 0.717) is 11.6 Å². The highest BCUT2D eigenvalue weighted by molar-refractivity contribution is 7.15. The molecular weight excluding hydrogens is 506 g/mol. The third-order valence-corrected chi connectivity index (χ3v) is 7.15. The van der Waals surface area contributed by atoms with Crippen LogP contribution in [0, 0.1) is 0 Å². The fourth-order valence-corrected chi connectivity index (χ4v) is 5.10. The lowest BCUT2D eigenvalue weighted by Crippen LogP contribution is -2.51. The minimum Gasteiger partial charge on any atom is -0.443 e. The van der Waals surface area contributed by atoms with E-state index in [0.717, 1.165) is 33.2 Å². The number of ketones is 1. The fraction of sp³-hybridized carbons (Fsp3) is 0.333. The van der Waals surface area contributed by atoms with E-state index in [1.165, 1.54) is 29.2 Å². The molecule has 1 saturated carbocycles. The van der Waals surface area contributed by atoms with Crippen LogP contribution >= 0.6 is 11.3 Å². The molecule has 2 amide bonds. The Labute approximate surface area is 223 Å². The number of ether oxygens (including phenoxy) is 1. The number of amides is 2. The number of hydrogen-bond acceptors (Lipinski definition) is 9. The van der Waals surface area contributed by atoms with E-state index in [-0.39, 0.29) is 29.8 Å². The van der Waals surface area contributed by atoms with Gasteiger partial charge in [-0.1, -0.05) is 30.3 Å². The Morgan fingerprint density at radius 2 is 1.87 bits per heavy atom. The molecule has 0 unspecified atom stereocenters. The number of carbonyl (C=O) groups excluding carboxylic acids is 3. The predicted octanol–water partition coefficient (Wildman–Crippen LogP) is 5.56. The molecule has 1 aromatic carbocycles. The molecule has 3 heterocycles. The van der Waals surface area contributed by atoms with Crippen LogP contribution in [0.25, 0.3) is 10.4 Å². The summed E-state index contributed by atoms with van der Waals surface area (Å²) in [6, 6.07) is 11.2. The first-order valence-electron chi connectivity index (χ1n) is 12.2. The second-order valence-electron chi connectivity index (χ2n) is 10.1. The monoisotopic (exact) mass is 533 g/mol. The van der Waals surface area contributed by atoms with Crippen molar-refractivity contribution in [1.82, 2.24) is 24.6 Å². The summed E-state index contributed by atoms with van der Waals surface area (Å²) in [4.78, 5) is 49.3. The van der Waals surface area contributed by atoms with Crippen LogP contribution in [0.3, 0.4) is 0 Å². The number of nitrogens with zero attached hydrogens (tertiary/aromatic N) is 5. The van der Waals surface area contributed by atoms with Crippen LogP contribution in [0.2, 0.25) is 0 Å². The number of aromatic nitrogens is 4. The zero-order chi connectivity index (χ0) is 27.0. The summed E-state index contributed by atoms with van der Waals surface area (Å²) in [6.07, 6.45) is 4.02. The number of oxazole rings is 1. The summed E-state index contributed by atoms with van der Waals surface area (Å²) < 4.78 is 12.4. The fourth-order valence-electron chi connectivity index (χ4n) is 3.86. The van der Waals surface area contributed by atoms with E-state index >= 15 is 0 Å². The van der Waals surface area contributed by atoms with Crippen LogP contribution < -0.4 is 4.74 Å². The first kappa shape index (κ1) is 25.5. The second-order valence-corrected chi connectivity index (χ2v) is 11.1. The van der Waals surface area contributed by atoms with E-state index in [2.05, 4.69) is 15.1 Å². The maximum absolute atomic E-state index is 13.9. The van der Waals surface area contributed by atoms with Gasteiger partial charge in [0.25, 0.3) is 11.8 Å². The lowest BCUT2D eigenvalue weighted by molar-refractivity contribution is 0.0587. The van der Waals surface area contributed by atoms with Gasteiger partial charge in [-0.2, -0.15) is 10.1 Å². The van der Waals surface area contributed by atoms with Gasteiger partial charge < -0.3 is 9.15 Å². The second kappa shape index (κ2) is 9.97. The van der Waals surface area contributed by atoms with Gasteiger partial charge in [0.15, 0.2) is 12.0 Å². The third-order valence-electron chi connectivity index (χ3n) is 5.89. The third kappa shape index (κ3) is 5.42. The lowest BCUT2D eigenvalue weighted by Gasteiger charge is -2.32. The van der Waals surface area contributed by atoms with Gasteiger partial charge in [0.2, 0.25) is 5.89 Å². The molecule has 0 aliphatic heterocycles. The maximum Gasteiger partial charge on any atom is 0.424 e. The van der Waals surface area contributed by atoms with Crippen molar-refractivity contribution in [3.8, 4) is 16.3 Å². The van der Waals surface area contributed by atoms with Crippen molar-refractivity contribution >= 4 is 29.1 Å². The SMILES string of the molecule is CC(=O)c1ccn(Cc2nc(OC(=O)N(C(=O)c3nc(C4CC4)sc3-c3ccccc3)C(C)(C)C)co2)n1. The van der Waals surface area contributed by atoms with Crippen LogP contribution in [0.5, 0.6) is 5.88 Å². The Morgan fingerprint density at radius 3 is 2.50 bits per heavy atom. The van der Waals surface area contributed by atoms with Gasteiger partial charge in [-0.25, -0.2) is 14.7 Å². The van der Waals surface area contributed by atoms with Crippen molar-refractivity contribution in [1.29, 1.82) is 0 Å². The van der Waals surface area contributed by atoms with Crippen molar-refractivity contribution in [2.75, 3.05) is 0 Å². The number of hydrogen-bond donors (Lipinski definition) is 0. The topological polar surface area (TPSA) is 120 Å². The highest BCUT2D eigenvalue weighted by Gasteiger charge is 2.39. The summed E-state index contributed by atoms with van der Waals surface area (Å²) in [7, 11) is 0. The van der Waals surface area contributed by atoms with Crippen LogP contribution in [-0.4, -0.2) is 48.0 Å². The van der Waals surface area contributed by atoms with E-state index < -0.39 is 17.5 Å². The molecule has 38 heavy (non-hydrogen) atoms. The van der Waals surface area contributed by atoms with E-state index in [9.17, 15) is 14.4 Å². The highest BCUT2D eigenvalue weighted by atomic mass is 32.1. The lowest BCUT2D eigenvalue weighted by atomic mass is 10.1. The number of thiazole rings is 1. The molecule has 0 radical (unpaired) electrons. The smallest absolute Gasteiger partial charge is 0.424 e. The van der Waals surface area contributed by atoms with Gasteiger partial charge in [-0.15, -0.1) is 11.3 Å². The number of rotatable bonds is 7. The molecule has 11 heteroatoms. The van der Waals surface area contributed by atoms with Crippen LogP contribution in [-0.2, 0) is 6.54 Å². The molecule has 3 aromatic heterocycles. The molecule has 1 fully saturated rings. The predicted molar refractivity (Wildman–Crippen MR) is 139 cm³/mol. The number of imide groups is 1. The Kier molecular flexibility index (Phi) is 6.70. The minimum atomic E-state index is -0.907. The molecule has 0 N–H and O–H groups in total. The summed E-state index contributed by atoms with van der Waals surface area (Å²) >= 11 is 1.50. The Balaban J connectivity index is 1.38. The summed E-state index contributed by atoms with van der Waals surface area (Å²) in [5, 5.41) is 5.05. The molecule has 0 bridgehead atoms. The Bertz CT molecular complexity index is 1490. The van der Waals surface area contributed by atoms with Gasteiger partial charge in [-0.05, 0) is 45.2 Å². The normalized spacial score (nSPS) is 13.4. The average Bonchev–Trinajstić information content (AvgIpc) is 3.24. The zero-order valence-corrected chi connectivity index (χ0v) is 22.3. The van der Waals surface area contributed by atoms with Gasteiger partial charge >= 0.3 is 6.09 Å². The van der Waals surface area contributed by atoms with Crippen LogP contribution in [0.15, 0.2) is 53.3 Å². The standard InChI is InChI=1S/C27H27N5O5S/c1-16(33)19-12-13-31(30-19)14-20-28-21(15-36-20)37-26(35)32(27(2,3)4)25(34)22-23(17-8-6-5-7-9-17)38-24(29-22)18-10-11-18/h5-9,12-13,15,18H,10-11,14H2,1-4H3. The molecule has 0 atom stereocenters. The maximum atomic E-state index is 13.9. The largest absolute Gasteiger partial charge is 0.443 e. The molecule has 1 aliphatic carbocycles. The molecule has 0 saturated heterocycles. The number of Topliss-reactive ketones (excluding diaryl/α,β-unsaturated/α-hetero) is 1. The highest BCUT2D eigenvalue weighted by Crippen LogP contribution is 2.45. The van der Waals surface area contributed by atoms with E-state index in [1.54, 1.807) is 33.0 Å². The van der Waals surface area contributed by atoms with Crippen molar-refractivity contribution in [2.45, 2.75) is 58.5 Å². The van der Waals surface area contributed by atoms with Crippen molar-refractivity contribution in [2.24, 2.45) is 0 Å². The molecular formula is C27H27N5O5S. The van der Waals surface area contributed by atoms with Crippen molar-refractivity contribution in [3.05, 3.63) is 71.1 Å². The van der Waals surface area contributed by atoms with Gasteiger partial charge in [0.1, 0.15) is 17.9 Å². The first-order valence-corrected chi connectivity index (χ1v) is 13.0. The number of carbonyl (C=O) groups is 3. The number of benzene rings is 1. The van der Waals surface area contributed by atoms with Gasteiger partial charge in [0, 0.05) is 24.6 Å². The molecule has 0 spiro atoms. The van der Waals surface area contributed by atoms with E-state index in [1.807, 2.05) is 30.3 Å². The Hall–Kier alpha value is -4.12. The van der Waals surface area contributed by atoms with E-state index in [4.69, 9.17) is 9.15 Å². The minimum absolute atomic E-state index is 0.0915. The molecule has 10 nitrogen and oxygen atoms in total. The Morgan fingerprint density at radius 1 is 1.13 bits per heavy atom. The average molecular weight is 534 g/mol. The van der Waals surface area contributed by atoms with Gasteiger partial charge in [-0.3, -0.25) is 14.3 Å². The zero-order valence-electron chi connectivity index (χ0n) is 21.5. The van der Waals surface area contributed by atoms with Crippen LogP contribution in [0.4, 0.5) is 4.79 Å². The van der Waals surface area contributed by atoms with Crippen molar-refractivity contribution < 1.29 is 23.5 Å². The quantitative estimate of drug-likeness (QED) is 0.283. The molecule has 5 rings (SSSR count).